The molecular formula is C15H15N3O4S. The van der Waals surface area contributed by atoms with Crippen LogP contribution < -0.4 is 9.62 Å². The van der Waals surface area contributed by atoms with Crippen molar-refractivity contribution < 1.29 is 18.0 Å². The van der Waals surface area contributed by atoms with Gasteiger partial charge in [0, 0.05) is 20.0 Å². The fourth-order valence-corrected chi connectivity index (χ4v) is 2.99. The normalized spacial score (nSPS) is 10.9. The first kappa shape index (κ1) is 16.6. The molecule has 2 rings (SSSR count). The van der Waals surface area contributed by atoms with Crippen LogP contribution in [0.25, 0.3) is 0 Å². The molecule has 120 valence electrons. The average Bonchev–Trinajstić information content (AvgIpc) is 2.47. The maximum absolute atomic E-state index is 12.3. The van der Waals surface area contributed by atoms with Crippen molar-refractivity contribution in [3.8, 4) is 0 Å². The van der Waals surface area contributed by atoms with Crippen LogP contribution in [0.3, 0.4) is 0 Å². The van der Waals surface area contributed by atoms with Crippen molar-refractivity contribution in [1.29, 1.82) is 0 Å². The van der Waals surface area contributed by atoms with Crippen molar-refractivity contribution in [2.75, 3.05) is 9.62 Å². The second kappa shape index (κ2) is 6.57. The Bertz CT molecular complexity index is 804. The van der Waals surface area contributed by atoms with Gasteiger partial charge in [0.15, 0.2) is 0 Å². The first-order chi connectivity index (χ1) is 10.8. The summed E-state index contributed by atoms with van der Waals surface area (Å²) in [7, 11) is -3.80. The number of hydrogen-bond acceptors (Lipinski definition) is 5. The third-order valence-electron chi connectivity index (χ3n) is 2.94. The fraction of sp³-hybridized carbons (Fsp3) is 0.133. The number of nitrogens with one attached hydrogen (secondary N) is 1. The summed E-state index contributed by atoms with van der Waals surface area (Å²) >= 11 is 0. The third kappa shape index (κ3) is 3.92. The van der Waals surface area contributed by atoms with Gasteiger partial charge in [0.05, 0.1) is 10.6 Å². The summed E-state index contributed by atoms with van der Waals surface area (Å²) in [6.07, 6.45) is 1.47. The average molecular weight is 333 g/mol. The zero-order valence-electron chi connectivity index (χ0n) is 12.6. The van der Waals surface area contributed by atoms with Gasteiger partial charge in [-0.05, 0) is 36.4 Å². The van der Waals surface area contributed by atoms with E-state index in [2.05, 4.69) is 9.71 Å². The topological polar surface area (TPSA) is 96.4 Å². The van der Waals surface area contributed by atoms with Gasteiger partial charge in [-0.3, -0.25) is 19.2 Å². The number of anilines is 2. The highest BCUT2D eigenvalue weighted by atomic mass is 32.2. The van der Waals surface area contributed by atoms with Crippen LogP contribution >= 0.6 is 0 Å². The quantitative estimate of drug-likeness (QED) is 0.920. The summed E-state index contributed by atoms with van der Waals surface area (Å²) in [5.41, 5.74) is 0.307. The molecule has 2 aromatic rings. The Labute approximate surface area is 134 Å². The van der Waals surface area contributed by atoms with Crippen LogP contribution in [-0.2, 0) is 19.6 Å². The van der Waals surface area contributed by atoms with E-state index in [0.717, 1.165) is 4.90 Å². The molecule has 0 spiro atoms. The number of nitrogens with zero attached hydrogens (tertiary/aromatic N) is 2. The lowest BCUT2D eigenvalue weighted by Gasteiger charge is -2.17. The summed E-state index contributed by atoms with van der Waals surface area (Å²) < 4.78 is 26.8. The molecule has 0 atom stereocenters. The Morgan fingerprint density at radius 3 is 2.09 bits per heavy atom. The Balaban J connectivity index is 2.28. The van der Waals surface area contributed by atoms with Crippen molar-refractivity contribution in [1.82, 2.24) is 4.98 Å². The Morgan fingerprint density at radius 2 is 1.61 bits per heavy atom. The van der Waals surface area contributed by atoms with Gasteiger partial charge in [-0.15, -0.1) is 0 Å². The highest BCUT2D eigenvalue weighted by molar-refractivity contribution is 7.92. The molecule has 2 amide bonds. The summed E-state index contributed by atoms with van der Waals surface area (Å²) in [4.78, 5) is 27.8. The van der Waals surface area contributed by atoms with Crippen molar-refractivity contribution >= 4 is 33.3 Å². The van der Waals surface area contributed by atoms with Crippen LogP contribution in [0, 0.1) is 0 Å². The monoisotopic (exact) mass is 333 g/mol. The van der Waals surface area contributed by atoms with Crippen LogP contribution in [0.15, 0.2) is 53.6 Å². The van der Waals surface area contributed by atoms with Gasteiger partial charge in [0.1, 0.15) is 5.82 Å². The summed E-state index contributed by atoms with van der Waals surface area (Å²) in [5, 5.41) is 0. The first-order valence-electron chi connectivity index (χ1n) is 6.66. The second-order valence-electron chi connectivity index (χ2n) is 4.69. The molecule has 7 nitrogen and oxygen atoms in total. The number of imide groups is 1. The van der Waals surface area contributed by atoms with E-state index in [1.807, 2.05) is 0 Å². The Morgan fingerprint density at radius 1 is 1.00 bits per heavy atom. The molecule has 0 fully saturated rings. The van der Waals surface area contributed by atoms with Gasteiger partial charge < -0.3 is 0 Å². The Kier molecular flexibility index (Phi) is 4.75. The highest BCUT2D eigenvalue weighted by Gasteiger charge is 2.19. The fourth-order valence-electron chi connectivity index (χ4n) is 1.98. The molecular weight excluding hydrogens is 318 g/mol. The van der Waals surface area contributed by atoms with Gasteiger partial charge >= 0.3 is 0 Å². The van der Waals surface area contributed by atoms with Crippen molar-refractivity contribution in [2.24, 2.45) is 0 Å². The van der Waals surface area contributed by atoms with E-state index < -0.39 is 21.8 Å². The lowest BCUT2D eigenvalue weighted by Crippen LogP contribution is -2.33. The molecule has 1 N–H and O–H groups in total. The molecule has 0 aliphatic rings. The van der Waals surface area contributed by atoms with Gasteiger partial charge in [-0.2, -0.15) is 0 Å². The molecule has 0 aliphatic heterocycles. The minimum absolute atomic E-state index is 0.000966. The van der Waals surface area contributed by atoms with Crippen molar-refractivity contribution in [3.63, 3.8) is 0 Å². The molecule has 0 radical (unpaired) electrons. The lowest BCUT2D eigenvalue weighted by atomic mass is 10.3. The minimum atomic E-state index is -3.80. The second-order valence-corrected chi connectivity index (χ2v) is 6.37. The van der Waals surface area contributed by atoms with E-state index in [9.17, 15) is 18.0 Å². The molecule has 0 unspecified atom stereocenters. The van der Waals surface area contributed by atoms with Gasteiger partial charge in [-0.25, -0.2) is 13.4 Å². The SMILES string of the molecule is CC(=O)N(C(C)=O)c1ccc(S(=O)(=O)Nc2ccccn2)cc1. The van der Waals surface area contributed by atoms with Crippen molar-refractivity contribution in [3.05, 3.63) is 48.7 Å². The molecule has 0 saturated carbocycles. The molecule has 0 bridgehead atoms. The number of benzene rings is 1. The summed E-state index contributed by atoms with van der Waals surface area (Å²) in [6, 6.07) is 10.3. The zero-order valence-corrected chi connectivity index (χ0v) is 13.4. The van der Waals surface area contributed by atoms with E-state index in [-0.39, 0.29) is 10.7 Å². The number of pyridine rings is 1. The number of carbonyl (C=O) groups is 2. The van der Waals surface area contributed by atoms with Crippen molar-refractivity contribution in [2.45, 2.75) is 18.7 Å². The molecule has 0 saturated heterocycles. The highest BCUT2D eigenvalue weighted by Crippen LogP contribution is 2.20. The minimum Gasteiger partial charge on any atom is -0.274 e. The maximum Gasteiger partial charge on any atom is 0.263 e. The number of rotatable bonds is 4. The van der Waals surface area contributed by atoms with E-state index in [1.165, 1.54) is 50.4 Å². The summed E-state index contributed by atoms with van der Waals surface area (Å²) in [5.74, 6) is -0.690. The largest absolute Gasteiger partial charge is 0.274 e. The smallest absolute Gasteiger partial charge is 0.263 e. The number of hydrogen-bond donors (Lipinski definition) is 1. The van der Waals surface area contributed by atoms with Crippen LogP contribution in [0.4, 0.5) is 11.5 Å². The number of sulfonamides is 1. The maximum atomic E-state index is 12.3. The van der Waals surface area contributed by atoms with E-state index in [0.29, 0.717) is 5.69 Å². The standard InChI is InChI=1S/C15H15N3O4S/c1-11(19)18(12(2)20)13-6-8-14(9-7-13)23(21,22)17-15-5-3-4-10-16-15/h3-10H,1-2H3,(H,16,17). The van der Waals surface area contributed by atoms with Crippen LogP contribution in [0.2, 0.25) is 0 Å². The van der Waals surface area contributed by atoms with E-state index >= 15 is 0 Å². The predicted octanol–water partition coefficient (Wildman–Crippen LogP) is 1.78. The van der Waals surface area contributed by atoms with E-state index in [1.54, 1.807) is 12.1 Å². The van der Waals surface area contributed by atoms with Gasteiger partial charge in [0.25, 0.3) is 10.0 Å². The number of carbonyl (C=O) groups excluding carboxylic acids is 2. The zero-order chi connectivity index (χ0) is 17.0. The summed E-state index contributed by atoms with van der Waals surface area (Å²) in [6.45, 7) is 2.52. The number of amides is 2. The molecule has 0 aliphatic carbocycles. The molecule has 1 heterocycles. The van der Waals surface area contributed by atoms with Gasteiger partial charge in [0.2, 0.25) is 11.8 Å². The Hall–Kier alpha value is -2.74. The van der Waals surface area contributed by atoms with Crippen LogP contribution in [-0.4, -0.2) is 25.2 Å². The molecule has 1 aromatic carbocycles. The van der Waals surface area contributed by atoms with Crippen LogP contribution in [0.5, 0.6) is 0 Å². The third-order valence-corrected chi connectivity index (χ3v) is 4.31. The lowest BCUT2D eigenvalue weighted by molar-refractivity contribution is -0.124. The van der Waals surface area contributed by atoms with E-state index in [4.69, 9.17) is 0 Å². The predicted molar refractivity (Wildman–Crippen MR) is 85.3 cm³/mol. The van der Waals surface area contributed by atoms with Gasteiger partial charge in [-0.1, -0.05) is 6.07 Å². The van der Waals surface area contributed by atoms with Crippen LogP contribution in [0.1, 0.15) is 13.8 Å². The molecule has 8 heteroatoms. The molecule has 1 aromatic heterocycles. The first-order valence-corrected chi connectivity index (χ1v) is 8.15. The number of aromatic nitrogens is 1. The molecule has 23 heavy (non-hydrogen) atoms.